The lowest BCUT2D eigenvalue weighted by molar-refractivity contribution is -1.10. The fourth-order valence-corrected chi connectivity index (χ4v) is 10.1. The lowest BCUT2D eigenvalue weighted by Crippen LogP contribution is -2.69. The van der Waals surface area contributed by atoms with Crippen molar-refractivity contribution in [2.24, 2.45) is 0 Å². The number of nitrogens with zero attached hydrogens (tertiary/aromatic N) is 4. The molecule has 2 unspecified atom stereocenters. The van der Waals surface area contributed by atoms with Crippen LogP contribution in [0.1, 0.15) is 62.5 Å². The van der Waals surface area contributed by atoms with E-state index in [0.29, 0.717) is 11.4 Å². The quantitative estimate of drug-likeness (QED) is 0.0659. The predicted molar refractivity (Wildman–Crippen MR) is 251 cm³/mol. The van der Waals surface area contributed by atoms with Gasteiger partial charge in [-0.25, -0.2) is 19.2 Å². The zero-order valence-corrected chi connectivity index (χ0v) is 39.9. The Kier molecular flexibility index (Phi) is 16.9. The molecule has 0 bridgehead atoms. The maximum atomic E-state index is 14.5. The van der Waals surface area contributed by atoms with Crippen molar-refractivity contribution in [3.8, 4) is 0 Å². The van der Waals surface area contributed by atoms with Crippen molar-refractivity contribution in [1.29, 1.82) is 0 Å². The van der Waals surface area contributed by atoms with Crippen LogP contribution in [0.5, 0.6) is 0 Å². The number of ether oxygens (including phenoxy) is 4. The standard InChI is InChI=1S/C52H64N4O12/c1-39(41-19-11-7-12-20-41)35-55(31-27-51(28-32-55,49(61)65-5)53(45(57)37-63-3)43-23-15-9-16-24-43)67-47(59)48(60)68-56(36-40(2)42-21-13-8-14-22-42)33-29-52(30-34-56,50(62)66-6)54(46(58)38-64-4)44-25-17-10-18-26-44/h7-26,39-40H,27-38H2,1-6H3/q+2. The molecule has 68 heavy (non-hydrogen) atoms. The third kappa shape index (κ3) is 11.1. The molecule has 2 aliphatic heterocycles. The first-order valence-corrected chi connectivity index (χ1v) is 22.9. The minimum absolute atomic E-state index is 0.00222. The molecule has 0 radical (unpaired) electrons. The van der Waals surface area contributed by atoms with E-state index in [1.54, 1.807) is 60.7 Å². The highest BCUT2D eigenvalue weighted by molar-refractivity contribution is 6.29. The Labute approximate surface area is 398 Å². The van der Waals surface area contributed by atoms with Crippen molar-refractivity contribution in [2.75, 3.05) is 90.7 Å². The van der Waals surface area contributed by atoms with E-state index in [-0.39, 0.29) is 99.3 Å². The summed E-state index contributed by atoms with van der Waals surface area (Å²) >= 11 is 0. The number of carbonyl (C=O) groups is 6. The average molecular weight is 937 g/mol. The van der Waals surface area contributed by atoms with Crippen LogP contribution >= 0.6 is 0 Å². The minimum atomic E-state index is -1.52. The van der Waals surface area contributed by atoms with E-state index < -0.39 is 46.8 Å². The average Bonchev–Trinajstić information content (AvgIpc) is 3.36. The summed E-state index contributed by atoms with van der Waals surface area (Å²) in [6.45, 7) is 3.88. The van der Waals surface area contributed by atoms with Crippen molar-refractivity contribution in [1.82, 2.24) is 0 Å². The van der Waals surface area contributed by atoms with Crippen molar-refractivity contribution in [2.45, 2.75) is 62.4 Å². The molecule has 6 rings (SSSR count). The summed E-state index contributed by atoms with van der Waals surface area (Å²) in [6, 6.07) is 36.9. The highest BCUT2D eigenvalue weighted by Crippen LogP contribution is 2.41. The predicted octanol–water partition coefficient (Wildman–Crippen LogP) is 5.91. The number of hydrogen-bond donors (Lipinski definition) is 0. The van der Waals surface area contributed by atoms with E-state index in [9.17, 15) is 28.8 Å². The number of hydroxylamine groups is 6. The number of rotatable bonds is 18. The van der Waals surface area contributed by atoms with Gasteiger partial charge in [0.1, 0.15) is 52.5 Å². The first-order valence-electron chi connectivity index (χ1n) is 22.9. The summed E-state index contributed by atoms with van der Waals surface area (Å²) in [6.07, 6.45) is -0.00886. The Bertz CT molecular complexity index is 2170. The van der Waals surface area contributed by atoms with E-state index in [4.69, 9.17) is 28.6 Å². The van der Waals surface area contributed by atoms with Crippen LogP contribution in [-0.4, -0.2) is 137 Å². The van der Waals surface area contributed by atoms with Crippen LogP contribution < -0.4 is 9.80 Å². The van der Waals surface area contributed by atoms with Crippen molar-refractivity contribution >= 4 is 47.1 Å². The lowest BCUT2D eigenvalue weighted by Gasteiger charge is -2.49. The van der Waals surface area contributed by atoms with Crippen LogP contribution in [0.15, 0.2) is 121 Å². The molecule has 2 aliphatic rings. The third-order valence-electron chi connectivity index (χ3n) is 13.5. The molecule has 0 saturated carbocycles. The maximum Gasteiger partial charge on any atom is 0.480 e. The SMILES string of the molecule is COCC(=O)N(c1ccccc1)C1(C(=O)OC)CC[N+](CC(C)c2ccccc2)(OC(=O)C(=O)O[N+]2(CC(C)c3ccccc3)CCC(C(=O)OC)(N(C(=O)COC)c3ccccc3)CC2)CC1. The van der Waals surface area contributed by atoms with Gasteiger partial charge in [-0.05, 0) is 35.4 Å². The molecule has 2 fully saturated rings. The van der Waals surface area contributed by atoms with Gasteiger partial charge in [0.25, 0.3) is 11.8 Å². The van der Waals surface area contributed by atoms with E-state index in [1.165, 1.54) is 38.2 Å². The van der Waals surface area contributed by atoms with Crippen LogP contribution in [0.4, 0.5) is 11.4 Å². The molecule has 2 heterocycles. The Morgan fingerprint density at radius 1 is 0.485 bits per heavy atom. The molecule has 4 aromatic rings. The number of piperidine rings is 2. The highest BCUT2D eigenvalue weighted by Gasteiger charge is 2.59. The number of esters is 2. The van der Waals surface area contributed by atoms with Gasteiger partial charge in [0.15, 0.2) is 11.1 Å². The lowest BCUT2D eigenvalue weighted by atomic mass is 9.83. The van der Waals surface area contributed by atoms with Gasteiger partial charge in [-0.2, -0.15) is 0 Å². The highest BCUT2D eigenvalue weighted by atomic mass is 16.8. The molecule has 4 aromatic carbocycles. The van der Waals surface area contributed by atoms with E-state index >= 15 is 0 Å². The molecule has 0 aliphatic carbocycles. The van der Waals surface area contributed by atoms with E-state index in [0.717, 1.165) is 11.1 Å². The fourth-order valence-electron chi connectivity index (χ4n) is 10.1. The van der Waals surface area contributed by atoms with Gasteiger partial charge < -0.3 is 18.9 Å². The molecule has 0 aromatic heterocycles. The Hall–Kier alpha value is -6.46. The van der Waals surface area contributed by atoms with E-state index in [1.807, 2.05) is 74.5 Å². The molecule has 16 heteroatoms. The van der Waals surface area contributed by atoms with Crippen LogP contribution in [-0.2, 0) is 57.4 Å². The summed E-state index contributed by atoms with van der Waals surface area (Å²) in [4.78, 5) is 100. The smallest absolute Gasteiger partial charge is 0.467 e. The van der Waals surface area contributed by atoms with Gasteiger partial charge in [-0.3, -0.25) is 29.1 Å². The number of likely N-dealkylation sites (tertiary alicyclic amines) is 2. The molecule has 0 spiro atoms. The topological polar surface area (TPSA) is 164 Å². The first-order chi connectivity index (χ1) is 32.7. The summed E-state index contributed by atoms with van der Waals surface area (Å²) in [5.41, 5.74) is -0.182. The summed E-state index contributed by atoms with van der Waals surface area (Å²) in [5, 5.41) is 0. The van der Waals surface area contributed by atoms with Gasteiger partial charge in [0, 0.05) is 63.1 Å². The molecular formula is C52H64N4O12+2. The van der Waals surface area contributed by atoms with Crippen molar-refractivity contribution in [3.63, 3.8) is 0 Å². The number of para-hydroxylation sites is 2. The number of anilines is 2. The Morgan fingerprint density at radius 3 is 1.06 bits per heavy atom. The number of amides is 2. The van der Waals surface area contributed by atoms with Gasteiger partial charge in [-0.15, -0.1) is 9.29 Å². The number of hydrogen-bond acceptors (Lipinski definition) is 12. The minimum Gasteiger partial charge on any atom is -0.467 e. The second-order valence-electron chi connectivity index (χ2n) is 17.8. The molecular weight excluding hydrogens is 873 g/mol. The van der Waals surface area contributed by atoms with Gasteiger partial charge in [0.05, 0.1) is 14.2 Å². The van der Waals surface area contributed by atoms with Gasteiger partial charge >= 0.3 is 23.9 Å². The number of quaternary nitrogens is 2. The zero-order chi connectivity index (χ0) is 49.0. The van der Waals surface area contributed by atoms with Crippen LogP contribution in [0.2, 0.25) is 0 Å². The van der Waals surface area contributed by atoms with Crippen molar-refractivity contribution in [3.05, 3.63) is 132 Å². The number of benzene rings is 4. The number of methoxy groups -OCH3 is 4. The summed E-state index contributed by atoms with van der Waals surface area (Å²) in [7, 11) is 5.33. The Morgan fingerprint density at radius 2 is 0.779 bits per heavy atom. The second-order valence-corrected chi connectivity index (χ2v) is 17.8. The second kappa shape index (κ2) is 22.6. The van der Waals surface area contributed by atoms with Gasteiger partial charge in [-0.1, -0.05) is 111 Å². The van der Waals surface area contributed by atoms with Gasteiger partial charge in [0.2, 0.25) is 0 Å². The van der Waals surface area contributed by atoms with E-state index in [2.05, 4.69) is 0 Å². The monoisotopic (exact) mass is 936 g/mol. The molecule has 2 amide bonds. The molecule has 0 N–H and O–H groups in total. The first kappa shape index (κ1) is 50.9. The summed E-state index contributed by atoms with van der Waals surface area (Å²) < 4.78 is 20.6. The van der Waals surface area contributed by atoms with Crippen LogP contribution in [0.25, 0.3) is 0 Å². The fraction of sp³-hybridized carbons (Fsp3) is 0.423. The van der Waals surface area contributed by atoms with Crippen molar-refractivity contribution < 1.29 is 66.7 Å². The number of carbonyl (C=O) groups excluding carboxylic acids is 6. The third-order valence-corrected chi connectivity index (χ3v) is 13.5. The molecule has 2 saturated heterocycles. The zero-order valence-electron chi connectivity index (χ0n) is 39.9. The largest absolute Gasteiger partial charge is 0.480 e. The Balaban J connectivity index is 1.34. The summed E-state index contributed by atoms with van der Waals surface area (Å²) in [5.74, 6) is -5.11. The normalized spacial score (nSPS) is 23.2. The molecule has 16 nitrogen and oxygen atoms in total. The van der Waals surface area contributed by atoms with Crippen LogP contribution in [0, 0.1) is 0 Å². The maximum absolute atomic E-state index is 14.5. The molecule has 362 valence electrons. The molecule has 2 atom stereocenters. The van der Waals surface area contributed by atoms with Crippen LogP contribution in [0.3, 0.4) is 0 Å².